The number of rotatable bonds is 8. The van der Waals surface area contributed by atoms with Crippen molar-refractivity contribution in [3.8, 4) is 27.5 Å². The van der Waals surface area contributed by atoms with Crippen molar-refractivity contribution in [2.45, 2.75) is 26.7 Å². The van der Waals surface area contributed by atoms with Crippen molar-refractivity contribution in [1.29, 1.82) is 0 Å². The summed E-state index contributed by atoms with van der Waals surface area (Å²) in [6.07, 6.45) is 3.98. The number of aromatic nitrogens is 4. The van der Waals surface area contributed by atoms with Gasteiger partial charge in [-0.1, -0.05) is 16.5 Å². The monoisotopic (exact) mass is 538 g/mol. The number of thiazole rings is 1. The van der Waals surface area contributed by atoms with Gasteiger partial charge in [-0.25, -0.2) is 18.4 Å². The molecule has 0 saturated heterocycles. The molecule has 3 heterocycles. The minimum Gasteiger partial charge on any atom is -0.393 e. The average Bonchev–Trinajstić information content (AvgIpc) is 3.46. The Kier molecular flexibility index (Phi) is 7.25. The molecule has 1 aromatic carbocycles. The number of nitrogens with zero attached hydrogens (tertiary/aromatic N) is 5. The maximum Gasteiger partial charge on any atom is 0.223 e. The lowest BCUT2D eigenvalue weighted by molar-refractivity contribution is -0.114. The molecule has 4 aromatic rings. The quantitative estimate of drug-likeness (QED) is 0.198. The van der Waals surface area contributed by atoms with Gasteiger partial charge < -0.3 is 14.9 Å². The fraction of sp³-hybridized carbons (Fsp3) is 0.269. The van der Waals surface area contributed by atoms with Crippen molar-refractivity contribution in [2.75, 3.05) is 25.6 Å². The van der Waals surface area contributed by atoms with Crippen LogP contribution < -0.4 is 5.32 Å². The van der Waals surface area contributed by atoms with Gasteiger partial charge in [0.1, 0.15) is 18.2 Å². The van der Waals surface area contributed by atoms with E-state index in [1.165, 1.54) is 42.2 Å². The first-order valence-corrected chi connectivity index (χ1v) is 12.6. The summed E-state index contributed by atoms with van der Waals surface area (Å²) in [6, 6.07) is 6.21. The number of carbonyl (C=O) groups is 1. The van der Waals surface area contributed by atoms with Gasteiger partial charge in [-0.3, -0.25) is 9.78 Å². The Morgan fingerprint density at radius 3 is 2.71 bits per heavy atom. The zero-order valence-electron chi connectivity index (χ0n) is 20.9. The van der Waals surface area contributed by atoms with E-state index in [1.807, 2.05) is 19.1 Å². The normalized spacial score (nSPS) is 12.4. The molecular formula is C26H24F2N6O3S. The van der Waals surface area contributed by atoms with Crippen LogP contribution >= 0.6 is 11.3 Å². The number of hydrogen-bond donors (Lipinski definition) is 1. The van der Waals surface area contributed by atoms with Crippen LogP contribution in [0.4, 0.5) is 13.9 Å². The highest BCUT2D eigenvalue weighted by Gasteiger charge is 2.30. The molecule has 9 nitrogen and oxygen atoms in total. The Hall–Kier alpha value is -4.03. The van der Waals surface area contributed by atoms with Crippen LogP contribution in [0.25, 0.3) is 27.5 Å². The summed E-state index contributed by atoms with van der Waals surface area (Å²) in [6.45, 7) is 3.76. The minimum atomic E-state index is -0.818. The second-order valence-electron chi connectivity index (χ2n) is 8.64. The van der Waals surface area contributed by atoms with Crippen LogP contribution in [0, 0.1) is 18.6 Å². The third-order valence-electron chi connectivity index (χ3n) is 5.92. The zero-order chi connectivity index (χ0) is 26.8. The van der Waals surface area contributed by atoms with Gasteiger partial charge in [-0.05, 0) is 31.9 Å². The van der Waals surface area contributed by atoms with Gasteiger partial charge in [-0.15, -0.1) is 0 Å². The third kappa shape index (κ3) is 5.04. The van der Waals surface area contributed by atoms with Crippen molar-refractivity contribution in [1.82, 2.24) is 19.7 Å². The van der Waals surface area contributed by atoms with Crippen molar-refractivity contribution >= 4 is 28.6 Å². The number of amides is 1. The van der Waals surface area contributed by atoms with E-state index in [0.29, 0.717) is 36.0 Å². The number of hydrogen-bond acceptors (Lipinski definition) is 8. The molecule has 196 valence electrons. The molecule has 0 fully saturated rings. The number of halogens is 2. The highest BCUT2D eigenvalue weighted by Crippen LogP contribution is 2.44. The van der Waals surface area contributed by atoms with Crippen LogP contribution in [0.2, 0.25) is 0 Å². The van der Waals surface area contributed by atoms with Gasteiger partial charge in [-0.2, -0.15) is 5.10 Å². The molecule has 1 N–H and O–H groups in total. The molecule has 1 aliphatic rings. The molecule has 0 aliphatic heterocycles. The molecule has 0 bridgehead atoms. The molecule has 0 saturated carbocycles. The lowest BCUT2D eigenvalue weighted by Crippen LogP contribution is -2.08. The number of ether oxygens (including phenoxy) is 1. The number of anilines is 1. The molecule has 0 atom stereocenters. The number of nitrogens with one attached hydrogen (secondary N) is 1. The summed E-state index contributed by atoms with van der Waals surface area (Å²) >= 11 is 1.30. The number of fused-ring (bicyclic) bond motifs is 3. The van der Waals surface area contributed by atoms with E-state index in [4.69, 9.17) is 14.7 Å². The molecule has 12 heteroatoms. The lowest BCUT2D eigenvalue weighted by Gasteiger charge is -2.14. The standard InChI is InChI=1S/C26H24F2N6O3S/c1-14-4-5-16(12-29-14)23-18-6-7-22-25(38-26(32-22)31-15(2)35)24(18)34(33-23)17-10-20(27)19(21(28)11-17)13-30-37-9-8-36-3/h4-5,10-13H,6-9H2,1-3H3,(H,31,32,35)/b30-13+. The van der Waals surface area contributed by atoms with Crippen molar-refractivity contribution in [3.05, 3.63) is 64.6 Å². The third-order valence-corrected chi connectivity index (χ3v) is 6.94. The molecule has 0 spiro atoms. The van der Waals surface area contributed by atoms with Crippen molar-refractivity contribution < 1.29 is 23.1 Å². The van der Waals surface area contributed by atoms with E-state index < -0.39 is 11.6 Å². The number of benzene rings is 1. The summed E-state index contributed by atoms with van der Waals surface area (Å²) in [5.74, 6) is -1.87. The van der Waals surface area contributed by atoms with E-state index in [-0.39, 0.29) is 23.8 Å². The van der Waals surface area contributed by atoms with Gasteiger partial charge in [0.2, 0.25) is 5.91 Å². The second kappa shape index (κ2) is 10.8. The van der Waals surface area contributed by atoms with Gasteiger partial charge in [0.25, 0.3) is 0 Å². The molecule has 0 unspecified atom stereocenters. The average molecular weight is 539 g/mol. The lowest BCUT2D eigenvalue weighted by atomic mass is 9.95. The van der Waals surface area contributed by atoms with Crippen LogP contribution in [0.3, 0.4) is 0 Å². The molecule has 5 rings (SSSR count). The van der Waals surface area contributed by atoms with Crippen LogP contribution in [0.1, 0.15) is 29.4 Å². The predicted octanol–water partition coefficient (Wildman–Crippen LogP) is 4.70. The van der Waals surface area contributed by atoms with Gasteiger partial charge in [0, 0.05) is 49.2 Å². The zero-order valence-corrected chi connectivity index (χ0v) is 21.7. The highest BCUT2D eigenvalue weighted by molar-refractivity contribution is 7.19. The number of pyridine rings is 1. The Bertz CT molecular complexity index is 1510. The number of methoxy groups -OCH3 is 1. The highest BCUT2D eigenvalue weighted by atomic mass is 32.1. The molecular weight excluding hydrogens is 514 g/mol. The maximum atomic E-state index is 15.1. The Labute approximate surface area is 221 Å². The van der Waals surface area contributed by atoms with E-state index in [0.717, 1.165) is 33.6 Å². The second-order valence-corrected chi connectivity index (χ2v) is 9.63. The summed E-state index contributed by atoms with van der Waals surface area (Å²) in [5.41, 5.74) is 4.57. The summed E-state index contributed by atoms with van der Waals surface area (Å²) < 4.78 is 36.6. The first-order chi connectivity index (χ1) is 18.4. The minimum absolute atomic E-state index is 0.155. The molecule has 3 aromatic heterocycles. The van der Waals surface area contributed by atoms with Crippen LogP contribution in [0.15, 0.2) is 35.6 Å². The summed E-state index contributed by atoms with van der Waals surface area (Å²) in [7, 11) is 1.51. The molecule has 1 aliphatic carbocycles. The SMILES string of the molecule is COCCO/N=C/c1c(F)cc(-n2nc(-c3ccc(C)nc3)c3c2-c2sc(NC(C)=O)nc2CC3)cc1F. The fourth-order valence-electron chi connectivity index (χ4n) is 4.18. The molecule has 38 heavy (non-hydrogen) atoms. The number of aryl methyl sites for hydroxylation is 2. The summed E-state index contributed by atoms with van der Waals surface area (Å²) in [4.78, 5) is 26.3. The van der Waals surface area contributed by atoms with Crippen molar-refractivity contribution in [3.63, 3.8) is 0 Å². The van der Waals surface area contributed by atoms with E-state index in [9.17, 15) is 4.79 Å². The van der Waals surface area contributed by atoms with Gasteiger partial charge in [0.15, 0.2) is 5.13 Å². The van der Waals surface area contributed by atoms with Crippen molar-refractivity contribution in [2.24, 2.45) is 5.16 Å². The van der Waals surface area contributed by atoms with Gasteiger partial charge in [0.05, 0.1) is 46.0 Å². The van der Waals surface area contributed by atoms with E-state index >= 15 is 8.78 Å². The smallest absolute Gasteiger partial charge is 0.223 e. The molecule has 0 radical (unpaired) electrons. The topological polar surface area (TPSA) is 104 Å². The summed E-state index contributed by atoms with van der Waals surface area (Å²) in [5, 5.41) is 11.6. The Morgan fingerprint density at radius 2 is 2.03 bits per heavy atom. The number of oxime groups is 1. The maximum absolute atomic E-state index is 15.1. The Balaban J connectivity index is 1.62. The first kappa shape index (κ1) is 25.6. The van der Waals surface area contributed by atoms with Gasteiger partial charge >= 0.3 is 0 Å². The van der Waals surface area contributed by atoms with Crippen LogP contribution in [-0.2, 0) is 27.2 Å². The van der Waals surface area contributed by atoms with Crippen LogP contribution in [0.5, 0.6) is 0 Å². The predicted molar refractivity (Wildman–Crippen MR) is 140 cm³/mol. The van der Waals surface area contributed by atoms with Crippen LogP contribution in [-0.4, -0.2) is 52.2 Å². The van der Waals surface area contributed by atoms with E-state index in [1.54, 1.807) is 6.20 Å². The fourth-order valence-corrected chi connectivity index (χ4v) is 5.30. The Morgan fingerprint density at radius 1 is 1.24 bits per heavy atom. The van der Waals surface area contributed by atoms with E-state index in [2.05, 4.69) is 20.4 Å². The first-order valence-electron chi connectivity index (χ1n) is 11.8. The number of carbonyl (C=O) groups excluding carboxylic acids is 1. The molecule has 1 amide bonds. The largest absolute Gasteiger partial charge is 0.393 e.